The van der Waals surface area contributed by atoms with Crippen molar-refractivity contribution in [2.24, 2.45) is 5.92 Å². The summed E-state index contributed by atoms with van der Waals surface area (Å²) in [6, 6.07) is 1.59. The Bertz CT molecular complexity index is 495. The molecule has 0 spiro atoms. The number of hydrogen-bond acceptors (Lipinski definition) is 4. The Hall–Kier alpha value is -0.430. The average molecular weight is 289 g/mol. The Labute approximate surface area is 112 Å². The summed E-state index contributed by atoms with van der Waals surface area (Å²) in [5, 5.41) is 10.8. The third kappa shape index (κ3) is 3.12. The molecule has 1 heterocycles. The van der Waals surface area contributed by atoms with Gasteiger partial charge in [-0.15, -0.1) is 11.3 Å². The molecule has 1 aromatic rings. The second-order valence-electron chi connectivity index (χ2n) is 4.96. The molecule has 2 rings (SSSR count). The molecule has 0 aliphatic heterocycles. The number of nitrogens with one attached hydrogen (secondary N) is 1. The van der Waals surface area contributed by atoms with Gasteiger partial charge in [0.1, 0.15) is 0 Å². The van der Waals surface area contributed by atoms with Gasteiger partial charge in [-0.2, -0.15) is 0 Å². The first kappa shape index (κ1) is 14.0. The Balaban J connectivity index is 2.12. The van der Waals surface area contributed by atoms with Gasteiger partial charge < -0.3 is 5.11 Å². The molecule has 102 valence electrons. The van der Waals surface area contributed by atoms with Gasteiger partial charge in [-0.1, -0.05) is 19.8 Å². The first-order valence-corrected chi connectivity index (χ1v) is 8.59. The highest BCUT2D eigenvalue weighted by Gasteiger charge is 2.26. The van der Waals surface area contributed by atoms with Gasteiger partial charge in [0.15, 0.2) is 0 Å². The first-order chi connectivity index (χ1) is 8.53. The Morgan fingerprint density at radius 1 is 1.50 bits per heavy atom. The largest absolute Gasteiger partial charge is 0.391 e. The maximum Gasteiger partial charge on any atom is 0.242 e. The lowest BCUT2D eigenvalue weighted by molar-refractivity contribution is 0.282. The van der Waals surface area contributed by atoms with Crippen LogP contribution < -0.4 is 4.72 Å². The molecule has 4 nitrogen and oxygen atoms in total. The van der Waals surface area contributed by atoms with Gasteiger partial charge in [0.2, 0.25) is 10.0 Å². The van der Waals surface area contributed by atoms with Crippen molar-refractivity contribution in [1.29, 1.82) is 0 Å². The van der Waals surface area contributed by atoms with Crippen molar-refractivity contribution in [1.82, 2.24) is 4.72 Å². The lowest BCUT2D eigenvalue weighted by Gasteiger charge is -2.27. The van der Waals surface area contributed by atoms with Crippen LogP contribution in [-0.4, -0.2) is 19.6 Å². The van der Waals surface area contributed by atoms with E-state index >= 15 is 0 Å². The van der Waals surface area contributed by atoms with Crippen LogP contribution in [0.4, 0.5) is 0 Å². The van der Waals surface area contributed by atoms with Crippen LogP contribution in [0.5, 0.6) is 0 Å². The van der Waals surface area contributed by atoms with E-state index in [0.29, 0.717) is 10.8 Å². The van der Waals surface area contributed by atoms with Gasteiger partial charge in [0.05, 0.1) is 11.5 Å². The Morgan fingerprint density at radius 3 is 2.94 bits per heavy atom. The van der Waals surface area contributed by atoms with Crippen LogP contribution in [0, 0.1) is 5.92 Å². The van der Waals surface area contributed by atoms with E-state index in [9.17, 15) is 8.42 Å². The Morgan fingerprint density at radius 2 is 2.28 bits per heavy atom. The maximum absolute atomic E-state index is 12.2. The second kappa shape index (κ2) is 5.69. The molecule has 1 saturated carbocycles. The number of aliphatic hydroxyl groups is 1. The number of thiophene rings is 1. The molecule has 0 saturated heterocycles. The number of rotatable bonds is 4. The van der Waals surface area contributed by atoms with Gasteiger partial charge in [0.25, 0.3) is 0 Å². The normalized spacial score (nSPS) is 25.2. The molecule has 1 aliphatic carbocycles. The molecule has 1 fully saturated rings. The fourth-order valence-corrected chi connectivity index (χ4v) is 5.09. The number of sulfonamides is 1. The zero-order chi connectivity index (χ0) is 13.2. The summed E-state index contributed by atoms with van der Waals surface area (Å²) in [5.41, 5.74) is 0. The molecule has 2 N–H and O–H groups in total. The highest BCUT2D eigenvalue weighted by Crippen LogP contribution is 2.27. The van der Waals surface area contributed by atoms with Crippen molar-refractivity contribution < 1.29 is 13.5 Å². The van der Waals surface area contributed by atoms with E-state index in [1.165, 1.54) is 17.8 Å². The minimum absolute atomic E-state index is 0.0326. The van der Waals surface area contributed by atoms with Crippen LogP contribution in [-0.2, 0) is 16.6 Å². The zero-order valence-corrected chi connectivity index (χ0v) is 12.1. The summed E-state index contributed by atoms with van der Waals surface area (Å²) >= 11 is 1.27. The molecule has 0 aromatic carbocycles. The molecule has 0 radical (unpaired) electrons. The van der Waals surface area contributed by atoms with Crippen LogP contribution in [0.2, 0.25) is 0 Å². The molecule has 18 heavy (non-hydrogen) atoms. The Kier molecular flexibility index (Phi) is 4.42. The van der Waals surface area contributed by atoms with E-state index in [-0.39, 0.29) is 17.5 Å². The summed E-state index contributed by atoms with van der Waals surface area (Å²) in [5.74, 6) is 0.575. The predicted molar refractivity (Wildman–Crippen MR) is 72.0 cm³/mol. The van der Waals surface area contributed by atoms with E-state index < -0.39 is 10.0 Å². The highest BCUT2D eigenvalue weighted by molar-refractivity contribution is 7.89. The standard InChI is InChI=1S/C12H19NO3S2/c1-9-3-2-4-10(7-9)13-18(15,16)12-5-6-17-11(12)8-14/h5-6,9-10,13-14H,2-4,7-8H2,1H3. The van der Waals surface area contributed by atoms with Crippen molar-refractivity contribution in [3.8, 4) is 0 Å². The van der Waals surface area contributed by atoms with Crippen molar-refractivity contribution in [3.63, 3.8) is 0 Å². The van der Waals surface area contributed by atoms with Crippen LogP contribution in [0.3, 0.4) is 0 Å². The molecule has 2 atom stereocenters. The van der Waals surface area contributed by atoms with Crippen LogP contribution >= 0.6 is 11.3 Å². The van der Waals surface area contributed by atoms with Gasteiger partial charge in [-0.25, -0.2) is 13.1 Å². The third-order valence-corrected chi connectivity index (χ3v) is 6.04. The quantitative estimate of drug-likeness (QED) is 0.892. The lowest BCUT2D eigenvalue weighted by Crippen LogP contribution is -2.38. The summed E-state index contributed by atoms with van der Waals surface area (Å²) < 4.78 is 27.2. The van der Waals surface area contributed by atoms with Crippen molar-refractivity contribution in [2.75, 3.05) is 0 Å². The topological polar surface area (TPSA) is 66.4 Å². The molecule has 6 heteroatoms. The van der Waals surface area contributed by atoms with E-state index in [0.717, 1.165) is 19.3 Å². The maximum atomic E-state index is 12.2. The van der Waals surface area contributed by atoms with E-state index in [1.54, 1.807) is 11.4 Å². The smallest absolute Gasteiger partial charge is 0.242 e. The van der Waals surface area contributed by atoms with Crippen molar-refractivity contribution in [2.45, 2.75) is 50.2 Å². The zero-order valence-electron chi connectivity index (χ0n) is 10.4. The van der Waals surface area contributed by atoms with E-state index in [1.807, 2.05) is 0 Å². The molecular weight excluding hydrogens is 270 g/mol. The second-order valence-corrected chi connectivity index (χ2v) is 7.64. The lowest BCUT2D eigenvalue weighted by atomic mass is 9.88. The summed E-state index contributed by atoms with van der Waals surface area (Å²) in [7, 11) is -3.48. The molecular formula is C12H19NO3S2. The molecule has 0 amide bonds. The van der Waals surface area contributed by atoms with E-state index in [2.05, 4.69) is 11.6 Å². The van der Waals surface area contributed by atoms with Crippen molar-refractivity contribution in [3.05, 3.63) is 16.3 Å². The molecule has 1 aliphatic rings. The van der Waals surface area contributed by atoms with Crippen LogP contribution in [0.25, 0.3) is 0 Å². The number of hydrogen-bond donors (Lipinski definition) is 2. The van der Waals surface area contributed by atoms with Crippen molar-refractivity contribution >= 4 is 21.4 Å². The summed E-state index contributed by atoms with van der Waals surface area (Å²) in [6.45, 7) is 1.93. The monoisotopic (exact) mass is 289 g/mol. The van der Waals surface area contributed by atoms with E-state index in [4.69, 9.17) is 5.11 Å². The minimum Gasteiger partial charge on any atom is -0.391 e. The van der Waals surface area contributed by atoms with Crippen LogP contribution in [0.15, 0.2) is 16.3 Å². The van der Waals surface area contributed by atoms with Crippen LogP contribution in [0.1, 0.15) is 37.5 Å². The van der Waals surface area contributed by atoms with Gasteiger partial charge in [0, 0.05) is 10.9 Å². The minimum atomic E-state index is -3.48. The molecule has 0 bridgehead atoms. The third-order valence-electron chi connectivity index (χ3n) is 3.40. The summed E-state index contributed by atoms with van der Waals surface area (Å²) in [6.07, 6.45) is 4.06. The average Bonchev–Trinajstić information content (AvgIpc) is 2.77. The molecule has 1 aromatic heterocycles. The fourth-order valence-electron chi connectivity index (χ4n) is 2.51. The highest BCUT2D eigenvalue weighted by atomic mass is 32.2. The van der Waals surface area contributed by atoms with Gasteiger partial charge >= 0.3 is 0 Å². The molecule has 2 unspecified atom stereocenters. The number of aliphatic hydroxyl groups excluding tert-OH is 1. The first-order valence-electron chi connectivity index (χ1n) is 6.22. The fraction of sp³-hybridized carbons (Fsp3) is 0.667. The predicted octanol–water partition coefficient (Wildman–Crippen LogP) is 2.10. The van der Waals surface area contributed by atoms with Gasteiger partial charge in [-0.05, 0) is 30.2 Å². The van der Waals surface area contributed by atoms with Gasteiger partial charge in [-0.3, -0.25) is 0 Å². The SMILES string of the molecule is CC1CCCC(NS(=O)(=O)c2ccsc2CO)C1. The summed E-state index contributed by atoms with van der Waals surface area (Å²) in [4.78, 5) is 0.736.